The van der Waals surface area contributed by atoms with Crippen LogP contribution in [0.1, 0.15) is 31.1 Å². The van der Waals surface area contributed by atoms with E-state index in [1.54, 1.807) is 0 Å². The normalized spacial score (nSPS) is 11.0. The van der Waals surface area contributed by atoms with Crippen LogP contribution in [0.25, 0.3) is 0 Å². The second-order valence-electron chi connectivity index (χ2n) is 5.05. The predicted octanol–water partition coefficient (Wildman–Crippen LogP) is 4.46. The average Bonchev–Trinajstić information content (AvgIpc) is 2.49. The summed E-state index contributed by atoms with van der Waals surface area (Å²) in [7, 11) is 0. The van der Waals surface area contributed by atoms with Crippen LogP contribution in [0, 0.1) is 0 Å². The first-order valence-electron chi connectivity index (χ1n) is 7.08. The van der Waals surface area contributed by atoms with Gasteiger partial charge >= 0.3 is 0 Å². The molecule has 0 saturated heterocycles. The van der Waals surface area contributed by atoms with Crippen molar-refractivity contribution in [3.8, 4) is 0 Å². The minimum atomic E-state index is -0.205. The lowest BCUT2D eigenvalue weighted by molar-refractivity contribution is -0.116. The molecule has 2 nitrogen and oxygen atoms in total. The zero-order valence-electron chi connectivity index (χ0n) is 12.4. The molecule has 0 heterocycles. The molecule has 2 aromatic rings. The van der Waals surface area contributed by atoms with E-state index in [1.165, 1.54) is 11.8 Å². The van der Waals surface area contributed by atoms with Crippen LogP contribution >= 0.6 is 11.8 Å². The second-order valence-corrected chi connectivity index (χ2v) is 6.68. The van der Waals surface area contributed by atoms with Crippen LogP contribution in [0.3, 0.4) is 0 Å². The summed E-state index contributed by atoms with van der Waals surface area (Å²) < 4.78 is 5.91. The molecule has 3 heteroatoms. The van der Waals surface area contributed by atoms with Crippen LogP contribution < -0.4 is 0 Å². The smallest absolute Gasteiger partial charge is 0.214 e. The Morgan fingerprint density at radius 1 is 0.952 bits per heavy atom. The third-order valence-electron chi connectivity index (χ3n) is 2.94. The summed E-state index contributed by atoms with van der Waals surface area (Å²) >= 11 is 1.32. The zero-order valence-corrected chi connectivity index (χ0v) is 13.2. The molecule has 0 N–H and O–H groups in total. The van der Waals surface area contributed by atoms with Crippen LogP contribution in [0.15, 0.2) is 60.7 Å². The molecule has 0 fully saturated rings. The van der Waals surface area contributed by atoms with Crippen LogP contribution in [0.5, 0.6) is 0 Å². The molecular formula is C18H20O2S. The fraction of sp³-hybridized carbons (Fsp3) is 0.278. The van der Waals surface area contributed by atoms with E-state index in [1.807, 2.05) is 74.5 Å². The molecule has 0 saturated carbocycles. The summed E-state index contributed by atoms with van der Waals surface area (Å²) in [5.41, 5.74) is 2.12. The average molecular weight is 300 g/mol. The van der Waals surface area contributed by atoms with Crippen LogP contribution in [0.4, 0.5) is 0 Å². The number of hydrogen-bond donors (Lipinski definition) is 0. The summed E-state index contributed by atoms with van der Waals surface area (Å²) in [6.07, 6.45) is -0.205. The van der Waals surface area contributed by atoms with Crippen molar-refractivity contribution in [2.45, 2.75) is 25.2 Å². The third-order valence-corrected chi connectivity index (χ3v) is 3.79. The monoisotopic (exact) mass is 300 g/mol. The van der Waals surface area contributed by atoms with E-state index in [4.69, 9.17) is 4.74 Å². The number of carbonyl (C=O) groups excluding carboxylic acids is 1. The van der Waals surface area contributed by atoms with Crippen LogP contribution in [0.2, 0.25) is 0 Å². The summed E-state index contributed by atoms with van der Waals surface area (Å²) in [4.78, 5) is 11.9. The topological polar surface area (TPSA) is 26.3 Å². The van der Waals surface area contributed by atoms with Gasteiger partial charge in [-0.05, 0) is 11.1 Å². The van der Waals surface area contributed by atoms with Gasteiger partial charge in [-0.1, -0.05) is 86.3 Å². The molecule has 0 amide bonds. The van der Waals surface area contributed by atoms with Crippen LogP contribution in [-0.2, 0) is 9.53 Å². The quantitative estimate of drug-likeness (QED) is 0.788. The Hall–Kier alpha value is -1.58. The Morgan fingerprint density at radius 3 is 1.86 bits per heavy atom. The Labute approximate surface area is 130 Å². The fourth-order valence-electron chi connectivity index (χ4n) is 2.09. The van der Waals surface area contributed by atoms with E-state index in [0.29, 0.717) is 0 Å². The van der Waals surface area contributed by atoms with E-state index in [2.05, 4.69) is 0 Å². The fourth-order valence-corrected chi connectivity index (χ4v) is 2.75. The van der Waals surface area contributed by atoms with Gasteiger partial charge in [0.1, 0.15) is 12.7 Å². The van der Waals surface area contributed by atoms with Gasteiger partial charge < -0.3 is 4.74 Å². The first-order chi connectivity index (χ1) is 10.2. The molecule has 0 aliphatic carbocycles. The van der Waals surface area contributed by atoms with Crippen molar-refractivity contribution in [1.29, 1.82) is 0 Å². The van der Waals surface area contributed by atoms with Gasteiger partial charge in [0.2, 0.25) is 5.12 Å². The van der Waals surface area contributed by atoms with Crippen molar-refractivity contribution in [3.63, 3.8) is 0 Å². The first kappa shape index (κ1) is 15.8. The van der Waals surface area contributed by atoms with Crippen LogP contribution in [-0.4, -0.2) is 17.0 Å². The molecular weight excluding hydrogens is 280 g/mol. The molecule has 0 aromatic heterocycles. The molecule has 0 aliphatic rings. The number of thioether (sulfide) groups is 1. The Bertz CT molecular complexity index is 512. The molecule has 2 rings (SSSR count). The van der Waals surface area contributed by atoms with Gasteiger partial charge in [-0.25, -0.2) is 0 Å². The Kier molecular flexibility index (Phi) is 6.03. The standard InChI is InChI=1S/C18H20O2S/c1-14(2)21-17(19)13-20-18(15-9-5-3-6-10-15)16-11-7-4-8-12-16/h3-12,14,18H,13H2,1-2H3. The highest BCUT2D eigenvalue weighted by atomic mass is 32.2. The van der Waals surface area contributed by atoms with E-state index in [9.17, 15) is 4.79 Å². The van der Waals surface area contributed by atoms with Crippen molar-refractivity contribution in [1.82, 2.24) is 0 Å². The van der Waals surface area contributed by atoms with Gasteiger partial charge in [0.15, 0.2) is 0 Å². The lowest BCUT2D eigenvalue weighted by Gasteiger charge is -2.18. The summed E-state index contributed by atoms with van der Waals surface area (Å²) in [6, 6.07) is 20.0. The predicted molar refractivity (Wildman–Crippen MR) is 88.4 cm³/mol. The number of hydrogen-bond acceptors (Lipinski definition) is 3. The third kappa shape index (κ3) is 5.03. The van der Waals surface area contributed by atoms with Gasteiger partial charge in [-0.3, -0.25) is 4.79 Å². The van der Waals surface area contributed by atoms with Gasteiger partial charge in [0.25, 0.3) is 0 Å². The summed E-state index contributed by atoms with van der Waals surface area (Å²) in [6.45, 7) is 4.14. The second kappa shape index (κ2) is 8.01. The summed E-state index contributed by atoms with van der Waals surface area (Å²) in [5.74, 6) is 0. The van der Waals surface area contributed by atoms with Gasteiger partial charge in [-0.2, -0.15) is 0 Å². The molecule has 0 radical (unpaired) electrons. The Morgan fingerprint density at radius 2 is 1.43 bits per heavy atom. The molecule has 21 heavy (non-hydrogen) atoms. The van der Waals surface area contributed by atoms with Gasteiger partial charge in [0.05, 0.1) is 0 Å². The lowest BCUT2D eigenvalue weighted by atomic mass is 10.0. The molecule has 0 atom stereocenters. The lowest BCUT2D eigenvalue weighted by Crippen LogP contribution is -2.13. The van der Waals surface area contributed by atoms with E-state index in [-0.39, 0.29) is 23.1 Å². The highest BCUT2D eigenvalue weighted by Gasteiger charge is 2.16. The summed E-state index contributed by atoms with van der Waals surface area (Å²) in [5, 5.41) is 0.356. The number of ether oxygens (including phenoxy) is 1. The maximum atomic E-state index is 11.9. The SMILES string of the molecule is CC(C)SC(=O)COC(c1ccccc1)c1ccccc1. The van der Waals surface area contributed by atoms with Crippen molar-refractivity contribution in [3.05, 3.63) is 71.8 Å². The number of benzene rings is 2. The minimum Gasteiger partial charge on any atom is -0.360 e. The largest absolute Gasteiger partial charge is 0.360 e. The van der Waals surface area contributed by atoms with Gasteiger partial charge in [0, 0.05) is 5.25 Å². The van der Waals surface area contributed by atoms with E-state index >= 15 is 0 Å². The number of carbonyl (C=O) groups is 1. The molecule has 0 bridgehead atoms. The molecule has 0 unspecified atom stereocenters. The highest BCUT2D eigenvalue weighted by Crippen LogP contribution is 2.26. The van der Waals surface area contributed by atoms with Crippen molar-refractivity contribution in [2.75, 3.05) is 6.61 Å². The maximum Gasteiger partial charge on any atom is 0.214 e. The molecule has 110 valence electrons. The van der Waals surface area contributed by atoms with E-state index in [0.717, 1.165) is 11.1 Å². The van der Waals surface area contributed by atoms with Crippen molar-refractivity contribution < 1.29 is 9.53 Å². The molecule has 2 aromatic carbocycles. The molecule has 0 spiro atoms. The highest BCUT2D eigenvalue weighted by molar-refractivity contribution is 8.14. The van der Waals surface area contributed by atoms with Gasteiger partial charge in [-0.15, -0.1) is 0 Å². The van der Waals surface area contributed by atoms with E-state index < -0.39 is 0 Å². The minimum absolute atomic E-state index is 0.0712. The maximum absolute atomic E-state index is 11.9. The Balaban J connectivity index is 2.12. The number of rotatable bonds is 6. The van der Waals surface area contributed by atoms with Crippen molar-refractivity contribution >= 4 is 16.9 Å². The molecule has 0 aliphatic heterocycles. The van der Waals surface area contributed by atoms with Crippen molar-refractivity contribution in [2.24, 2.45) is 0 Å². The first-order valence-corrected chi connectivity index (χ1v) is 7.95. The zero-order chi connectivity index (χ0) is 15.1.